The van der Waals surface area contributed by atoms with Crippen LogP contribution in [0.4, 0.5) is 0 Å². The molecule has 0 radical (unpaired) electrons. The van der Waals surface area contributed by atoms with Gasteiger partial charge in [0.2, 0.25) is 0 Å². The maximum Gasteiger partial charge on any atom is 0.306 e. The molecule has 1 heterocycles. The van der Waals surface area contributed by atoms with E-state index in [4.69, 9.17) is 9.84 Å². The Kier molecular flexibility index (Phi) is 4.42. The van der Waals surface area contributed by atoms with Gasteiger partial charge in [-0.3, -0.25) is 4.79 Å². The van der Waals surface area contributed by atoms with Crippen molar-refractivity contribution in [1.82, 2.24) is 0 Å². The Labute approximate surface area is 104 Å². The molecule has 2 aliphatic rings. The van der Waals surface area contributed by atoms with Crippen molar-refractivity contribution < 1.29 is 35.7 Å². The van der Waals surface area contributed by atoms with Crippen molar-refractivity contribution in [3.05, 3.63) is 18.8 Å². The van der Waals surface area contributed by atoms with E-state index in [1.54, 1.807) is 6.08 Å². The number of carbonyl (C=O) groups excluding carboxylic acids is 1. The molecule has 0 aromatic rings. The summed E-state index contributed by atoms with van der Waals surface area (Å²) in [6, 6.07) is 0. The summed E-state index contributed by atoms with van der Waals surface area (Å²) < 4.78 is 5.22. The summed E-state index contributed by atoms with van der Waals surface area (Å²) in [6.45, 7) is 3.20. The Morgan fingerprint density at radius 3 is 3.00 bits per heavy atom. The van der Waals surface area contributed by atoms with Crippen molar-refractivity contribution >= 4 is 5.97 Å². The van der Waals surface area contributed by atoms with Gasteiger partial charge in [0.1, 0.15) is 6.10 Å². The largest absolute Gasteiger partial charge is 0.462 e. The Morgan fingerprint density at radius 2 is 2.33 bits per heavy atom. The zero-order valence-electron chi connectivity index (χ0n) is 8.63. The van der Waals surface area contributed by atoms with Gasteiger partial charge in [-0.25, -0.2) is 12.2 Å². The van der Waals surface area contributed by atoms with E-state index in [0.717, 1.165) is 13.0 Å². The predicted molar refractivity (Wildman–Crippen MR) is 50.6 cm³/mol. The first-order valence-corrected chi connectivity index (χ1v) is 5.06. The zero-order chi connectivity index (χ0) is 10.1. The summed E-state index contributed by atoms with van der Waals surface area (Å²) in [5, 5.41) is 8.60. The van der Waals surface area contributed by atoms with Crippen LogP contribution in [0.1, 0.15) is 19.8 Å². The number of aliphatic hydroxyl groups is 1. The third-order valence-electron chi connectivity index (χ3n) is 3.34. The first kappa shape index (κ1) is 12.8. The minimum absolute atomic E-state index is 0. The average molecular weight is 379 g/mol. The molecule has 4 heteroatoms. The molecule has 1 aliphatic carbocycles. The topological polar surface area (TPSA) is 46.5 Å². The van der Waals surface area contributed by atoms with Gasteiger partial charge in [0.05, 0.1) is 6.42 Å². The summed E-state index contributed by atoms with van der Waals surface area (Å²) in [6.07, 6.45) is 5.24. The van der Waals surface area contributed by atoms with Crippen molar-refractivity contribution in [1.29, 1.82) is 0 Å². The molecule has 4 atom stereocenters. The number of ether oxygens (including phenoxy) is 1. The molecule has 0 aromatic carbocycles. The third-order valence-corrected chi connectivity index (χ3v) is 3.34. The van der Waals surface area contributed by atoms with Gasteiger partial charge in [0, 0.05) is 21.1 Å². The van der Waals surface area contributed by atoms with Crippen molar-refractivity contribution in [2.45, 2.75) is 25.9 Å². The molecule has 0 amide bonds. The molecule has 1 N–H and O–H groups in total. The van der Waals surface area contributed by atoms with Gasteiger partial charge in [-0.05, 0) is 18.3 Å². The fraction of sp³-hybridized carbons (Fsp3) is 0.636. The predicted octanol–water partition coefficient (Wildman–Crippen LogP) is 1.66. The summed E-state index contributed by atoms with van der Waals surface area (Å²) in [5.41, 5.74) is 0. The van der Waals surface area contributed by atoms with Gasteiger partial charge in [-0.2, -0.15) is 0 Å². The molecular weight excluding hydrogens is 364 g/mol. The molecule has 1 saturated carbocycles. The Morgan fingerprint density at radius 1 is 1.60 bits per heavy atom. The van der Waals surface area contributed by atoms with E-state index in [-0.39, 0.29) is 33.1 Å². The Balaban J connectivity index is 0.00000112. The standard InChI is InChI=1S/C11H15O3.W/c1-7-5-10-9(6-11(13)14-10)8(7)3-2-4-12;/h2-4,7-10,12H,5-6H2,1H3;/q-1;/b3-2+;/t7-,8+,9-,10+;/m1./s1. The maximum absolute atomic E-state index is 11.1. The average Bonchev–Trinajstić information content (AvgIpc) is 2.58. The van der Waals surface area contributed by atoms with Gasteiger partial charge >= 0.3 is 5.97 Å². The quantitative estimate of drug-likeness (QED) is 0.587. The molecule has 3 nitrogen and oxygen atoms in total. The Hall–Kier alpha value is -0.272. The van der Waals surface area contributed by atoms with E-state index >= 15 is 0 Å². The van der Waals surface area contributed by atoms with Crippen LogP contribution in [0.2, 0.25) is 0 Å². The number of fused-ring (bicyclic) bond motifs is 1. The van der Waals surface area contributed by atoms with Gasteiger partial charge in [-0.1, -0.05) is 12.8 Å². The van der Waals surface area contributed by atoms with E-state index in [9.17, 15) is 4.79 Å². The Bertz CT molecular complexity index is 265. The molecular formula is C11H15O3W-. The first-order valence-electron chi connectivity index (χ1n) is 5.06. The molecule has 1 saturated heterocycles. The number of aliphatic hydroxyl groups excluding tert-OH is 1. The summed E-state index contributed by atoms with van der Waals surface area (Å²) in [7, 11) is 0. The normalized spacial score (nSPS) is 38.7. The molecule has 0 bridgehead atoms. The molecule has 0 unspecified atom stereocenters. The molecule has 2 fully saturated rings. The van der Waals surface area contributed by atoms with Crippen LogP contribution in [0.15, 0.2) is 12.2 Å². The SMILES string of the molecule is C[C@@H]1C[C@@H]2OC(=O)C[C@@H]2[C@H]1/C=C/[CH-]O.[W]. The summed E-state index contributed by atoms with van der Waals surface area (Å²) >= 11 is 0. The van der Waals surface area contributed by atoms with Crippen LogP contribution < -0.4 is 0 Å². The molecule has 0 aromatic heterocycles. The minimum atomic E-state index is -0.0710. The van der Waals surface area contributed by atoms with Crippen LogP contribution in [0, 0.1) is 24.4 Å². The molecule has 15 heavy (non-hydrogen) atoms. The van der Waals surface area contributed by atoms with Crippen molar-refractivity contribution in [2.24, 2.45) is 17.8 Å². The van der Waals surface area contributed by atoms with Crippen LogP contribution in [0.5, 0.6) is 0 Å². The van der Waals surface area contributed by atoms with E-state index in [1.165, 1.54) is 0 Å². The number of hydrogen-bond donors (Lipinski definition) is 1. The first-order chi connectivity index (χ1) is 6.72. The van der Waals surface area contributed by atoms with Crippen molar-refractivity contribution in [2.75, 3.05) is 0 Å². The molecule has 84 valence electrons. The van der Waals surface area contributed by atoms with E-state index < -0.39 is 0 Å². The fourth-order valence-electron chi connectivity index (χ4n) is 2.69. The third kappa shape index (κ3) is 2.46. The second-order valence-electron chi connectivity index (χ2n) is 4.22. The van der Waals surface area contributed by atoms with E-state index in [0.29, 0.717) is 24.2 Å². The second kappa shape index (κ2) is 5.18. The minimum Gasteiger partial charge on any atom is -0.462 e. The van der Waals surface area contributed by atoms with Crippen LogP contribution in [0.25, 0.3) is 0 Å². The smallest absolute Gasteiger partial charge is 0.306 e. The van der Waals surface area contributed by atoms with Gasteiger partial charge in [-0.15, -0.1) is 6.61 Å². The van der Waals surface area contributed by atoms with Crippen LogP contribution in [-0.4, -0.2) is 17.2 Å². The van der Waals surface area contributed by atoms with Gasteiger partial charge < -0.3 is 9.84 Å². The number of rotatable bonds is 2. The van der Waals surface area contributed by atoms with Crippen molar-refractivity contribution in [3.63, 3.8) is 0 Å². The number of allylic oxidation sites excluding steroid dienone is 1. The van der Waals surface area contributed by atoms with Crippen LogP contribution >= 0.6 is 0 Å². The van der Waals surface area contributed by atoms with Gasteiger partial charge in [0.25, 0.3) is 0 Å². The van der Waals surface area contributed by atoms with Crippen LogP contribution in [0.3, 0.4) is 0 Å². The molecule has 0 spiro atoms. The van der Waals surface area contributed by atoms with Crippen molar-refractivity contribution in [3.8, 4) is 0 Å². The fourth-order valence-corrected chi connectivity index (χ4v) is 2.69. The van der Waals surface area contributed by atoms with E-state index in [1.807, 2.05) is 6.08 Å². The summed E-state index contributed by atoms with van der Waals surface area (Å²) in [4.78, 5) is 11.1. The van der Waals surface area contributed by atoms with E-state index in [2.05, 4.69) is 6.92 Å². The van der Waals surface area contributed by atoms with Crippen LogP contribution in [-0.2, 0) is 30.6 Å². The molecule has 1 aliphatic heterocycles. The number of esters is 1. The monoisotopic (exact) mass is 379 g/mol. The molecule has 2 rings (SSSR count). The number of hydrogen-bond acceptors (Lipinski definition) is 3. The summed E-state index contributed by atoms with van der Waals surface area (Å²) in [5.74, 6) is 1.16. The zero-order valence-corrected chi connectivity index (χ0v) is 11.6. The van der Waals surface area contributed by atoms with Gasteiger partial charge in [0.15, 0.2) is 0 Å². The maximum atomic E-state index is 11.1. The second-order valence-corrected chi connectivity index (χ2v) is 4.22. The number of carbonyl (C=O) groups is 1.